The van der Waals surface area contributed by atoms with Crippen molar-refractivity contribution in [1.29, 1.82) is 0 Å². The first-order valence-corrected chi connectivity index (χ1v) is 20.3. The van der Waals surface area contributed by atoms with Gasteiger partial charge in [-0.15, -0.1) is 0 Å². The standard InChI is InChI=1S/C20H20Cl2N2O2.C19H18Cl2N2O2.CH3I.HI/c1-13(25)24(3)12-14-4-6-15(7-5-14)19-11-20(2,26-23-19)16-8-17(21)10-18(22)9-16;1-12(24)22-11-13-3-5-14(6-4-13)18-10-19(2,25-23-18)15-7-16(20)9-17(21)8-15;1-2;/h4-10H,11-12H2,1-3H3;3-9H,10-11H2,1-2H3,(H,22,24);1H3;1H/p-1. The second-order valence-electron chi connectivity index (χ2n) is 13.1. The van der Waals surface area contributed by atoms with Gasteiger partial charge < -0.3 is 43.9 Å². The molecule has 0 saturated heterocycles. The number of amides is 2. The average molecular weight is 1040 g/mol. The number of hydrogen-bond acceptors (Lipinski definition) is 6. The van der Waals surface area contributed by atoms with Crippen molar-refractivity contribution >= 4 is 92.2 Å². The molecule has 2 amide bonds. The molecule has 54 heavy (non-hydrogen) atoms. The Kier molecular flexibility index (Phi) is 17.4. The van der Waals surface area contributed by atoms with Gasteiger partial charge in [-0.2, -0.15) is 0 Å². The smallest absolute Gasteiger partial charge is 0.219 e. The highest BCUT2D eigenvalue weighted by Gasteiger charge is 2.38. The number of hydrogen-bond donors (Lipinski definition) is 1. The molecule has 288 valence electrons. The van der Waals surface area contributed by atoms with Crippen molar-refractivity contribution < 1.29 is 43.2 Å². The van der Waals surface area contributed by atoms with Crippen LogP contribution in [-0.2, 0) is 43.6 Å². The minimum atomic E-state index is -0.600. The Balaban J connectivity index is 0.000000273. The molecule has 2 unspecified atom stereocenters. The number of rotatable bonds is 8. The molecular formula is C40H41Cl4I2N4O4-. The Morgan fingerprint density at radius 3 is 1.43 bits per heavy atom. The quantitative estimate of drug-likeness (QED) is 0.145. The van der Waals surface area contributed by atoms with Gasteiger partial charge in [0.15, 0.2) is 11.2 Å². The van der Waals surface area contributed by atoms with Crippen molar-refractivity contribution in [2.75, 3.05) is 12.0 Å². The van der Waals surface area contributed by atoms with E-state index in [1.165, 1.54) is 6.92 Å². The average Bonchev–Trinajstić information content (AvgIpc) is 3.73. The topological polar surface area (TPSA) is 92.6 Å². The lowest BCUT2D eigenvalue weighted by molar-refractivity contribution is -0.128. The van der Waals surface area contributed by atoms with Gasteiger partial charge in [0.25, 0.3) is 0 Å². The van der Waals surface area contributed by atoms with Crippen molar-refractivity contribution in [2.24, 2.45) is 10.3 Å². The molecule has 0 radical (unpaired) electrons. The van der Waals surface area contributed by atoms with Gasteiger partial charge in [-0.1, -0.05) is 128 Å². The Labute approximate surface area is 368 Å². The molecule has 2 aliphatic heterocycles. The lowest BCUT2D eigenvalue weighted by Crippen LogP contribution is -3.00. The maximum absolute atomic E-state index is 11.3. The summed E-state index contributed by atoms with van der Waals surface area (Å²) in [6, 6.07) is 26.7. The molecule has 4 aromatic rings. The van der Waals surface area contributed by atoms with Crippen molar-refractivity contribution in [1.82, 2.24) is 10.2 Å². The largest absolute Gasteiger partial charge is 1.00 e. The van der Waals surface area contributed by atoms with Crippen LogP contribution in [0.25, 0.3) is 0 Å². The van der Waals surface area contributed by atoms with E-state index in [-0.39, 0.29) is 35.8 Å². The van der Waals surface area contributed by atoms with Crippen molar-refractivity contribution in [2.45, 2.75) is 64.8 Å². The van der Waals surface area contributed by atoms with E-state index in [0.717, 1.165) is 44.8 Å². The molecule has 0 aliphatic carbocycles. The third kappa shape index (κ3) is 12.4. The van der Waals surface area contributed by atoms with Crippen molar-refractivity contribution in [3.63, 3.8) is 0 Å². The van der Waals surface area contributed by atoms with E-state index in [9.17, 15) is 9.59 Å². The summed E-state index contributed by atoms with van der Waals surface area (Å²) in [4.78, 5) is 37.4. The van der Waals surface area contributed by atoms with E-state index in [0.29, 0.717) is 46.0 Å². The number of oxime groups is 2. The number of benzene rings is 4. The van der Waals surface area contributed by atoms with E-state index >= 15 is 0 Å². The van der Waals surface area contributed by atoms with E-state index in [4.69, 9.17) is 56.1 Å². The van der Waals surface area contributed by atoms with E-state index in [1.807, 2.05) is 91.6 Å². The van der Waals surface area contributed by atoms with Crippen molar-refractivity contribution in [3.05, 3.63) is 138 Å². The molecule has 2 aliphatic rings. The summed E-state index contributed by atoms with van der Waals surface area (Å²) in [7, 11) is 1.78. The van der Waals surface area contributed by atoms with Gasteiger partial charge in [0.05, 0.1) is 11.4 Å². The summed E-state index contributed by atoms with van der Waals surface area (Å²) >= 11 is 26.6. The minimum absolute atomic E-state index is 0. The third-order valence-corrected chi connectivity index (χ3v) is 9.62. The fourth-order valence-electron chi connectivity index (χ4n) is 5.65. The summed E-state index contributed by atoms with van der Waals surface area (Å²) in [6.45, 7) is 8.09. The van der Waals surface area contributed by atoms with Gasteiger partial charge in [-0.3, -0.25) is 9.59 Å². The number of nitrogens with zero attached hydrogens (tertiary/aromatic N) is 3. The number of carbonyl (C=O) groups excluding carboxylic acids is 2. The second kappa shape index (κ2) is 20.5. The zero-order chi connectivity index (χ0) is 38.9. The molecule has 0 bridgehead atoms. The molecule has 0 spiro atoms. The monoisotopic (exact) mass is 1030 g/mol. The molecule has 0 aromatic heterocycles. The zero-order valence-corrected chi connectivity index (χ0v) is 38.0. The number of carbonyl (C=O) groups is 2. The van der Waals surface area contributed by atoms with Crippen LogP contribution in [0, 0.1) is 0 Å². The Morgan fingerprint density at radius 2 is 1.07 bits per heavy atom. The molecular weight excluding hydrogens is 996 g/mol. The van der Waals surface area contributed by atoms with Crippen LogP contribution in [0.5, 0.6) is 0 Å². The van der Waals surface area contributed by atoms with Gasteiger partial charge in [0, 0.05) is 78.0 Å². The summed E-state index contributed by atoms with van der Waals surface area (Å²) in [5.41, 5.74) is 6.41. The van der Waals surface area contributed by atoms with Gasteiger partial charge >= 0.3 is 0 Å². The molecule has 2 atom stereocenters. The van der Waals surface area contributed by atoms with Crippen LogP contribution < -0.4 is 29.3 Å². The highest BCUT2D eigenvalue weighted by atomic mass is 127. The zero-order valence-electron chi connectivity index (χ0n) is 30.7. The summed E-state index contributed by atoms with van der Waals surface area (Å²) < 4.78 is 0. The minimum Gasteiger partial charge on any atom is -1.00 e. The highest BCUT2D eigenvalue weighted by molar-refractivity contribution is 14.1. The molecule has 0 fully saturated rings. The number of alkyl halides is 1. The van der Waals surface area contributed by atoms with Gasteiger partial charge in [0.1, 0.15) is 0 Å². The summed E-state index contributed by atoms with van der Waals surface area (Å²) in [5.74, 6) is -0.00723. The van der Waals surface area contributed by atoms with Gasteiger partial charge in [-0.05, 0) is 77.4 Å². The summed E-state index contributed by atoms with van der Waals surface area (Å²) in [5, 5.41) is 13.6. The first kappa shape index (κ1) is 45.8. The SMILES string of the molecule is CC(=O)N(C)Cc1ccc(C2=NOC(C)(c3cc(Cl)cc(Cl)c3)C2)cc1.CC(=O)NCc1ccc(C2=NOC(C)(c3cc(Cl)cc(Cl)c3)C2)cc1.CI.[I-]. The molecule has 0 saturated carbocycles. The Hall–Kier alpha value is -2.62. The van der Waals surface area contributed by atoms with Crippen LogP contribution in [0.1, 0.15) is 73.9 Å². The Morgan fingerprint density at radius 1 is 0.704 bits per heavy atom. The highest BCUT2D eigenvalue weighted by Crippen LogP contribution is 2.39. The van der Waals surface area contributed by atoms with Crippen LogP contribution in [0.3, 0.4) is 0 Å². The van der Waals surface area contributed by atoms with Crippen LogP contribution in [-0.4, -0.2) is 40.1 Å². The number of nitrogens with one attached hydrogen (secondary N) is 1. The first-order chi connectivity index (χ1) is 25.1. The van der Waals surface area contributed by atoms with E-state index in [2.05, 4.69) is 38.2 Å². The van der Waals surface area contributed by atoms with Crippen LogP contribution in [0.4, 0.5) is 0 Å². The lowest BCUT2D eigenvalue weighted by atomic mass is 9.89. The third-order valence-electron chi connectivity index (χ3n) is 8.74. The van der Waals surface area contributed by atoms with Crippen LogP contribution in [0.15, 0.2) is 95.2 Å². The molecule has 6 rings (SSSR count). The fraction of sp³-hybridized carbons (Fsp3) is 0.300. The maximum atomic E-state index is 11.3. The van der Waals surface area contributed by atoms with Crippen molar-refractivity contribution in [3.8, 4) is 0 Å². The normalized spacial score (nSPS) is 18.2. The van der Waals surface area contributed by atoms with E-state index in [1.54, 1.807) is 31.0 Å². The lowest BCUT2D eigenvalue weighted by Gasteiger charge is -2.22. The van der Waals surface area contributed by atoms with Gasteiger partial charge in [0.2, 0.25) is 11.8 Å². The number of halogens is 6. The van der Waals surface area contributed by atoms with Crippen LogP contribution >= 0.6 is 69.0 Å². The molecule has 8 nitrogen and oxygen atoms in total. The molecule has 14 heteroatoms. The Bertz CT molecular complexity index is 1960. The summed E-state index contributed by atoms with van der Waals surface area (Å²) in [6.07, 6.45) is 1.24. The first-order valence-electron chi connectivity index (χ1n) is 16.6. The molecule has 2 heterocycles. The fourth-order valence-corrected chi connectivity index (χ4v) is 6.70. The van der Waals surface area contributed by atoms with Gasteiger partial charge in [-0.25, -0.2) is 0 Å². The second-order valence-corrected chi connectivity index (χ2v) is 14.8. The predicted molar refractivity (Wildman–Crippen MR) is 225 cm³/mol. The molecule has 1 N–H and O–H groups in total. The maximum Gasteiger partial charge on any atom is 0.219 e. The van der Waals surface area contributed by atoms with E-state index < -0.39 is 11.2 Å². The van der Waals surface area contributed by atoms with Crippen LogP contribution in [0.2, 0.25) is 20.1 Å². The predicted octanol–water partition coefficient (Wildman–Crippen LogP) is 7.74. The molecule has 4 aromatic carbocycles.